The van der Waals surface area contributed by atoms with Crippen LogP contribution in [0.3, 0.4) is 0 Å². The Morgan fingerprint density at radius 2 is 2.14 bits per heavy atom. The topological polar surface area (TPSA) is 109 Å². The molecule has 3 aromatic rings. The monoisotopic (exact) mass is 498 g/mol. The molecule has 1 aliphatic carbocycles. The molecule has 2 aliphatic rings. The van der Waals surface area contributed by atoms with Crippen LogP contribution in [-0.2, 0) is 9.53 Å². The molecule has 1 amide bonds. The summed E-state index contributed by atoms with van der Waals surface area (Å²) in [6.07, 6.45) is 10.5. The van der Waals surface area contributed by atoms with Gasteiger partial charge in [-0.25, -0.2) is 0 Å². The van der Waals surface area contributed by atoms with Crippen molar-refractivity contribution < 1.29 is 9.53 Å². The molecule has 0 radical (unpaired) electrons. The molecule has 35 heavy (non-hydrogen) atoms. The second kappa shape index (κ2) is 11.4. The van der Waals surface area contributed by atoms with Crippen LogP contribution >= 0.6 is 11.6 Å². The minimum Gasteiger partial charge on any atom is -0.386 e. The molecule has 1 saturated heterocycles. The second-order valence-corrected chi connectivity index (χ2v) is 10.4. The van der Waals surface area contributed by atoms with Gasteiger partial charge < -0.3 is 20.8 Å². The van der Waals surface area contributed by atoms with E-state index in [2.05, 4.69) is 39.0 Å². The maximum absolute atomic E-state index is 10.6. The van der Waals surface area contributed by atoms with Crippen molar-refractivity contribution >= 4 is 51.3 Å². The zero-order chi connectivity index (χ0) is 24.8. The number of aromatic nitrogens is 2. The molecule has 188 valence electrons. The van der Waals surface area contributed by atoms with Crippen molar-refractivity contribution in [1.82, 2.24) is 14.9 Å². The van der Waals surface area contributed by atoms with Gasteiger partial charge in [-0.1, -0.05) is 30.9 Å². The van der Waals surface area contributed by atoms with Gasteiger partial charge in [0.2, 0.25) is 6.41 Å². The average Bonchev–Trinajstić information content (AvgIpc) is 3.18. The third-order valence-electron chi connectivity index (χ3n) is 6.50. The number of rotatable bonds is 5. The van der Waals surface area contributed by atoms with Crippen molar-refractivity contribution in [3.8, 4) is 0 Å². The first-order chi connectivity index (χ1) is 16.8. The summed E-state index contributed by atoms with van der Waals surface area (Å²) in [7, 11) is 0. The predicted octanol–water partition coefficient (Wildman–Crippen LogP) is 4.72. The van der Waals surface area contributed by atoms with E-state index in [-0.39, 0.29) is 5.60 Å². The van der Waals surface area contributed by atoms with E-state index >= 15 is 0 Å². The van der Waals surface area contributed by atoms with Gasteiger partial charge in [-0.05, 0) is 44.9 Å². The lowest BCUT2D eigenvalue weighted by atomic mass is 9.96. The number of nitrogens with one attached hydrogen (secondary N) is 2. The van der Waals surface area contributed by atoms with Gasteiger partial charge in [-0.2, -0.15) is 0 Å². The minimum atomic E-state index is -0.0522. The van der Waals surface area contributed by atoms with Crippen molar-refractivity contribution in [2.75, 3.05) is 31.6 Å². The van der Waals surface area contributed by atoms with Crippen LogP contribution in [-0.4, -0.2) is 65.0 Å². The largest absolute Gasteiger partial charge is 0.386 e. The highest BCUT2D eigenvalue weighted by Crippen LogP contribution is 2.32. The fourth-order valence-electron chi connectivity index (χ4n) is 4.96. The highest BCUT2D eigenvalue weighted by atomic mass is 35.5. The van der Waals surface area contributed by atoms with Crippen molar-refractivity contribution in [3.05, 3.63) is 35.6 Å². The van der Waals surface area contributed by atoms with E-state index in [0.29, 0.717) is 23.2 Å². The molecule has 2 aromatic heterocycles. The normalized spacial score (nSPS) is 19.3. The van der Waals surface area contributed by atoms with Crippen LogP contribution in [0.2, 0.25) is 5.02 Å². The summed E-state index contributed by atoms with van der Waals surface area (Å²) < 4.78 is 5.70. The molecule has 4 N–H and O–H groups in total. The number of morpholine rings is 1. The van der Waals surface area contributed by atoms with E-state index < -0.39 is 0 Å². The van der Waals surface area contributed by atoms with E-state index in [9.17, 15) is 4.79 Å². The Morgan fingerprint density at radius 1 is 1.34 bits per heavy atom. The number of pyridine rings is 1. The molecule has 5 rings (SSSR count). The number of aromatic amines is 1. The Labute approximate surface area is 211 Å². The van der Waals surface area contributed by atoms with Crippen LogP contribution in [0.5, 0.6) is 0 Å². The van der Waals surface area contributed by atoms with E-state index in [0.717, 1.165) is 53.9 Å². The average molecular weight is 499 g/mol. The highest BCUT2D eigenvalue weighted by Gasteiger charge is 2.27. The number of hydrogen-bond donors (Lipinski definition) is 3. The van der Waals surface area contributed by atoms with Gasteiger partial charge in [0.15, 0.2) is 0 Å². The number of ether oxygens (including phenoxy) is 1. The molecular formula is C26H35ClN6O2. The summed E-state index contributed by atoms with van der Waals surface area (Å²) in [6, 6.07) is 5.97. The fourth-order valence-corrected chi connectivity index (χ4v) is 5.18. The smallest absolute Gasteiger partial charge is 0.211 e. The number of hydrogen-bond acceptors (Lipinski definition) is 5. The van der Waals surface area contributed by atoms with Crippen LogP contribution in [0.25, 0.3) is 21.8 Å². The molecule has 0 unspecified atom stereocenters. The van der Waals surface area contributed by atoms with E-state index in [1.807, 2.05) is 12.1 Å². The molecular weight excluding hydrogens is 464 g/mol. The summed E-state index contributed by atoms with van der Waals surface area (Å²) in [5.41, 5.74) is 8.47. The Morgan fingerprint density at radius 3 is 2.89 bits per heavy atom. The molecule has 0 bridgehead atoms. The van der Waals surface area contributed by atoms with Crippen LogP contribution in [0.15, 0.2) is 35.6 Å². The Balaban J connectivity index is 0.000000165. The third-order valence-corrected chi connectivity index (χ3v) is 6.72. The lowest BCUT2D eigenvalue weighted by Crippen LogP contribution is -2.50. The molecule has 1 saturated carbocycles. The lowest BCUT2D eigenvalue weighted by Gasteiger charge is -2.38. The molecule has 8 nitrogen and oxygen atoms in total. The van der Waals surface area contributed by atoms with Gasteiger partial charge in [-0.3, -0.25) is 19.7 Å². The predicted molar refractivity (Wildman–Crippen MR) is 143 cm³/mol. The number of nitrogens with two attached hydrogens (primary N) is 1. The summed E-state index contributed by atoms with van der Waals surface area (Å²) in [6.45, 7) is 7.76. The lowest BCUT2D eigenvalue weighted by molar-refractivity contribution is -0.105. The number of anilines is 1. The van der Waals surface area contributed by atoms with E-state index in [1.54, 1.807) is 18.5 Å². The van der Waals surface area contributed by atoms with Crippen molar-refractivity contribution in [3.63, 3.8) is 0 Å². The van der Waals surface area contributed by atoms with Crippen molar-refractivity contribution in [1.29, 1.82) is 0 Å². The third kappa shape index (κ3) is 6.72. The summed E-state index contributed by atoms with van der Waals surface area (Å²) in [5.74, 6) is 0.805. The maximum atomic E-state index is 10.6. The fraction of sp³-hybridized carbons (Fsp3) is 0.500. The summed E-state index contributed by atoms with van der Waals surface area (Å²) >= 11 is 6.03. The highest BCUT2D eigenvalue weighted by molar-refractivity contribution is 6.32. The molecule has 0 atom stereocenters. The number of carbonyl (C=O) groups is 1. The van der Waals surface area contributed by atoms with Crippen LogP contribution in [0, 0.1) is 0 Å². The number of amidine groups is 1. The molecule has 2 fully saturated rings. The second-order valence-electron chi connectivity index (χ2n) is 9.92. The zero-order valence-electron chi connectivity index (χ0n) is 20.5. The number of nitrogens with zero attached hydrogens (tertiary/aromatic N) is 3. The molecule has 3 heterocycles. The number of aliphatic imine (C=N–C) groups is 1. The van der Waals surface area contributed by atoms with Gasteiger partial charge in [0.1, 0.15) is 5.84 Å². The number of halogens is 1. The standard InChI is InChI=1S/C14H27N3O.C12H8ClN3O/c1-14(2)11-17(8-9-18-14)10-13(15)16-12-6-4-3-5-7-12;13-7-3-9-8-1-2-14-5-11(8)16-12(9)10(4-7)15-6-17/h12H,3-11H2,1-2H3,(H2,15,16);1-6,16H,(H,15,17). The Bertz CT molecular complexity index is 1190. The molecule has 0 spiro atoms. The van der Waals surface area contributed by atoms with Gasteiger partial charge in [0.25, 0.3) is 0 Å². The number of benzene rings is 1. The van der Waals surface area contributed by atoms with Gasteiger partial charge in [0, 0.05) is 35.1 Å². The van der Waals surface area contributed by atoms with Crippen LogP contribution < -0.4 is 11.1 Å². The number of carbonyl (C=O) groups excluding carboxylic acids is 1. The molecule has 1 aliphatic heterocycles. The van der Waals surface area contributed by atoms with E-state index in [4.69, 9.17) is 22.1 Å². The molecule has 9 heteroatoms. The maximum Gasteiger partial charge on any atom is 0.211 e. The quantitative estimate of drug-likeness (QED) is 0.268. The first-order valence-corrected chi connectivity index (χ1v) is 12.7. The minimum absolute atomic E-state index is 0.0522. The van der Waals surface area contributed by atoms with Gasteiger partial charge in [0.05, 0.1) is 47.7 Å². The summed E-state index contributed by atoms with van der Waals surface area (Å²) in [5, 5.41) is 5.22. The first kappa shape index (κ1) is 25.4. The summed E-state index contributed by atoms with van der Waals surface area (Å²) in [4.78, 5) is 24.9. The van der Waals surface area contributed by atoms with Crippen molar-refractivity contribution in [2.24, 2.45) is 10.7 Å². The first-order valence-electron chi connectivity index (χ1n) is 12.3. The van der Waals surface area contributed by atoms with Gasteiger partial charge in [-0.15, -0.1) is 0 Å². The zero-order valence-corrected chi connectivity index (χ0v) is 21.3. The number of fused-ring (bicyclic) bond motifs is 3. The SMILES string of the molecule is CC1(C)CN(CC(N)=NC2CCCCC2)CCO1.O=CNc1cc(Cl)cc2c1[nH]c1cnccc12. The van der Waals surface area contributed by atoms with Crippen molar-refractivity contribution in [2.45, 2.75) is 57.6 Å². The number of amides is 1. The number of H-pyrrole nitrogens is 1. The van der Waals surface area contributed by atoms with Gasteiger partial charge >= 0.3 is 0 Å². The van der Waals surface area contributed by atoms with Crippen LogP contribution in [0.1, 0.15) is 46.0 Å². The van der Waals surface area contributed by atoms with Crippen LogP contribution in [0.4, 0.5) is 5.69 Å². The molecule has 1 aromatic carbocycles. The Kier molecular flexibility index (Phi) is 8.26. The Hall–Kier alpha value is -2.68. The van der Waals surface area contributed by atoms with E-state index in [1.165, 1.54) is 32.1 Å².